The SMILES string of the molecule is CNc1cnc2sc(C)nc2c1N(C)C(COC)COC. The molecule has 2 aromatic heterocycles. The summed E-state index contributed by atoms with van der Waals surface area (Å²) < 4.78 is 10.6. The van der Waals surface area contributed by atoms with Crippen molar-refractivity contribution < 1.29 is 9.47 Å². The molecule has 0 bridgehead atoms. The quantitative estimate of drug-likeness (QED) is 0.845. The van der Waals surface area contributed by atoms with Gasteiger partial charge in [0.25, 0.3) is 0 Å². The molecule has 2 aromatic rings. The Morgan fingerprint density at radius 2 is 2.00 bits per heavy atom. The Labute approximate surface area is 129 Å². The van der Waals surface area contributed by atoms with Crippen molar-refractivity contribution in [2.45, 2.75) is 13.0 Å². The fourth-order valence-corrected chi connectivity index (χ4v) is 3.11. The molecule has 0 fully saturated rings. The molecule has 0 saturated carbocycles. The molecule has 0 aliphatic rings. The first kappa shape index (κ1) is 15.9. The van der Waals surface area contributed by atoms with E-state index in [1.807, 2.05) is 27.2 Å². The molecule has 21 heavy (non-hydrogen) atoms. The lowest BCUT2D eigenvalue weighted by Gasteiger charge is -2.30. The molecule has 6 nitrogen and oxygen atoms in total. The molecule has 0 spiro atoms. The second kappa shape index (κ2) is 7.02. The van der Waals surface area contributed by atoms with E-state index < -0.39 is 0 Å². The maximum absolute atomic E-state index is 5.31. The van der Waals surface area contributed by atoms with Crippen LogP contribution in [0.15, 0.2) is 6.20 Å². The molecule has 2 rings (SSSR count). The molecule has 0 atom stereocenters. The lowest BCUT2D eigenvalue weighted by atomic mass is 10.2. The number of thiazole rings is 1. The minimum Gasteiger partial charge on any atom is -0.385 e. The fourth-order valence-electron chi connectivity index (χ4n) is 2.35. The summed E-state index contributed by atoms with van der Waals surface area (Å²) in [6, 6.07) is 0.111. The van der Waals surface area contributed by atoms with Gasteiger partial charge in [-0.1, -0.05) is 11.3 Å². The third-order valence-corrected chi connectivity index (χ3v) is 4.27. The highest BCUT2D eigenvalue weighted by Gasteiger charge is 2.22. The highest BCUT2D eigenvalue weighted by atomic mass is 32.1. The van der Waals surface area contributed by atoms with Crippen LogP contribution in [0, 0.1) is 6.92 Å². The van der Waals surface area contributed by atoms with Crippen molar-refractivity contribution in [2.24, 2.45) is 0 Å². The van der Waals surface area contributed by atoms with Crippen molar-refractivity contribution in [1.82, 2.24) is 9.97 Å². The van der Waals surface area contributed by atoms with Gasteiger partial charge in [-0.25, -0.2) is 9.97 Å². The van der Waals surface area contributed by atoms with E-state index in [1.165, 1.54) is 0 Å². The third-order valence-electron chi connectivity index (χ3n) is 3.39. The molecule has 0 unspecified atom stereocenters. The molecular weight excluding hydrogens is 288 g/mol. The number of ether oxygens (including phenoxy) is 2. The van der Waals surface area contributed by atoms with Gasteiger partial charge in [0.05, 0.1) is 41.8 Å². The van der Waals surface area contributed by atoms with Gasteiger partial charge in [0.2, 0.25) is 0 Å². The Morgan fingerprint density at radius 1 is 1.33 bits per heavy atom. The van der Waals surface area contributed by atoms with Crippen molar-refractivity contribution in [3.63, 3.8) is 0 Å². The number of pyridine rings is 1. The van der Waals surface area contributed by atoms with E-state index in [0.717, 1.165) is 26.7 Å². The first-order chi connectivity index (χ1) is 10.1. The van der Waals surface area contributed by atoms with Crippen LogP contribution >= 0.6 is 11.3 Å². The first-order valence-electron chi connectivity index (χ1n) is 6.77. The van der Waals surface area contributed by atoms with Crippen LogP contribution in [0.3, 0.4) is 0 Å². The number of rotatable bonds is 7. The van der Waals surface area contributed by atoms with Crippen molar-refractivity contribution in [3.05, 3.63) is 11.2 Å². The van der Waals surface area contributed by atoms with Gasteiger partial charge in [-0.05, 0) is 6.92 Å². The summed E-state index contributed by atoms with van der Waals surface area (Å²) >= 11 is 1.60. The number of nitrogens with one attached hydrogen (secondary N) is 1. The minimum atomic E-state index is 0.111. The van der Waals surface area contributed by atoms with Gasteiger partial charge in [0, 0.05) is 28.3 Å². The van der Waals surface area contributed by atoms with Crippen LogP contribution in [0.4, 0.5) is 11.4 Å². The average molecular weight is 310 g/mol. The summed E-state index contributed by atoms with van der Waals surface area (Å²) in [6.07, 6.45) is 1.85. The Balaban J connectivity index is 2.50. The highest BCUT2D eigenvalue weighted by molar-refractivity contribution is 7.18. The fraction of sp³-hybridized carbons (Fsp3) is 0.571. The van der Waals surface area contributed by atoms with Crippen LogP contribution in [0.25, 0.3) is 10.3 Å². The summed E-state index contributed by atoms with van der Waals surface area (Å²) in [5.41, 5.74) is 2.91. The Morgan fingerprint density at radius 3 is 2.57 bits per heavy atom. The van der Waals surface area contributed by atoms with E-state index in [4.69, 9.17) is 9.47 Å². The van der Waals surface area contributed by atoms with E-state index in [2.05, 4.69) is 20.2 Å². The molecule has 2 heterocycles. The van der Waals surface area contributed by atoms with Crippen LogP contribution in [-0.2, 0) is 9.47 Å². The summed E-state index contributed by atoms with van der Waals surface area (Å²) in [5.74, 6) is 0. The molecule has 0 saturated heterocycles. The number of anilines is 2. The lowest BCUT2D eigenvalue weighted by molar-refractivity contribution is 0.117. The molecule has 0 aliphatic carbocycles. The zero-order valence-corrected chi connectivity index (χ0v) is 14.0. The number of hydrogen-bond donors (Lipinski definition) is 1. The van der Waals surface area contributed by atoms with Crippen LogP contribution in [0.1, 0.15) is 5.01 Å². The smallest absolute Gasteiger partial charge is 0.145 e. The molecular formula is C14H22N4O2S. The number of methoxy groups -OCH3 is 2. The zero-order valence-electron chi connectivity index (χ0n) is 13.1. The van der Waals surface area contributed by atoms with Gasteiger partial charge in [-0.15, -0.1) is 0 Å². The average Bonchev–Trinajstić information content (AvgIpc) is 2.85. The zero-order chi connectivity index (χ0) is 15.4. The van der Waals surface area contributed by atoms with Crippen LogP contribution < -0.4 is 10.2 Å². The molecule has 1 N–H and O–H groups in total. The van der Waals surface area contributed by atoms with Gasteiger partial charge in [0.1, 0.15) is 10.3 Å². The van der Waals surface area contributed by atoms with Gasteiger partial charge in [-0.3, -0.25) is 0 Å². The largest absolute Gasteiger partial charge is 0.385 e. The minimum absolute atomic E-state index is 0.111. The Kier molecular flexibility index (Phi) is 5.33. The molecule has 7 heteroatoms. The maximum atomic E-state index is 5.31. The number of hydrogen-bond acceptors (Lipinski definition) is 7. The van der Waals surface area contributed by atoms with E-state index in [0.29, 0.717) is 13.2 Å². The van der Waals surface area contributed by atoms with Crippen LogP contribution in [-0.4, -0.2) is 57.5 Å². The number of aromatic nitrogens is 2. The topological polar surface area (TPSA) is 59.5 Å². The van der Waals surface area contributed by atoms with Gasteiger partial charge in [0.15, 0.2) is 0 Å². The number of fused-ring (bicyclic) bond motifs is 1. The predicted octanol–water partition coefficient (Wildman–Crippen LogP) is 2.14. The standard InChI is InChI=1S/C14H22N4O2S/c1-9-17-12-13(11(15-2)6-16-14(12)21-9)18(3)10(7-19-4)8-20-5/h6,10,15H,7-8H2,1-5H3. The second-order valence-electron chi connectivity index (χ2n) is 4.83. The molecule has 0 aliphatic heterocycles. The summed E-state index contributed by atoms with van der Waals surface area (Å²) in [5, 5.41) is 4.21. The van der Waals surface area contributed by atoms with Crippen molar-refractivity contribution in [3.8, 4) is 0 Å². The summed E-state index contributed by atoms with van der Waals surface area (Å²) in [6.45, 7) is 3.16. The predicted molar refractivity (Wildman–Crippen MR) is 87.6 cm³/mol. The summed E-state index contributed by atoms with van der Waals surface area (Å²) in [7, 11) is 7.32. The second-order valence-corrected chi connectivity index (χ2v) is 6.01. The van der Waals surface area contributed by atoms with Gasteiger partial charge >= 0.3 is 0 Å². The van der Waals surface area contributed by atoms with Crippen LogP contribution in [0.5, 0.6) is 0 Å². The van der Waals surface area contributed by atoms with Gasteiger partial charge in [-0.2, -0.15) is 0 Å². The van der Waals surface area contributed by atoms with E-state index in [1.54, 1.807) is 25.6 Å². The van der Waals surface area contributed by atoms with E-state index in [9.17, 15) is 0 Å². The Hall–Kier alpha value is -1.44. The first-order valence-corrected chi connectivity index (χ1v) is 7.58. The maximum Gasteiger partial charge on any atom is 0.145 e. The molecule has 0 amide bonds. The monoisotopic (exact) mass is 310 g/mol. The summed E-state index contributed by atoms with van der Waals surface area (Å²) in [4.78, 5) is 12.2. The third kappa shape index (κ3) is 3.25. The number of nitrogens with zero attached hydrogens (tertiary/aromatic N) is 3. The van der Waals surface area contributed by atoms with Crippen molar-refractivity contribution in [2.75, 3.05) is 51.7 Å². The highest BCUT2D eigenvalue weighted by Crippen LogP contribution is 2.35. The lowest BCUT2D eigenvalue weighted by Crippen LogP contribution is -2.39. The normalized spacial score (nSPS) is 11.3. The molecule has 0 aromatic carbocycles. The van der Waals surface area contributed by atoms with Crippen LogP contribution in [0.2, 0.25) is 0 Å². The molecule has 116 valence electrons. The number of aryl methyl sites for hydroxylation is 1. The van der Waals surface area contributed by atoms with Crippen molar-refractivity contribution >= 4 is 33.1 Å². The van der Waals surface area contributed by atoms with Crippen molar-refractivity contribution in [1.29, 1.82) is 0 Å². The van der Waals surface area contributed by atoms with E-state index in [-0.39, 0.29) is 6.04 Å². The van der Waals surface area contributed by atoms with Gasteiger partial charge < -0.3 is 19.7 Å². The Bertz CT molecular complexity index is 596. The number of likely N-dealkylation sites (N-methyl/N-ethyl adjacent to an activating group) is 1. The molecule has 0 radical (unpaired) electrons. The van der Waals surface area contributed by atoms with E-state index >= 15 is 0 Å².